The second-order valence-corrected chi connectivity index (χ2v) is 6.80. The number of hydrogen-bond acceptors (Lipinski definition) is 4. The van der Waals surface area contributed by atoms with Crippen molar-refractivity contribution in [3.8, 4) is 6.07 Å². The predicted molar refractivity (Wildman–Crippen MR) is 108 cm³/mol. The maximum atomic E-state index is 12.1. The number of carbonyl (C=O) groups is 2. The number of benzene rings is 2. The van der Waals surface area contributed by atoms with E-state index in [2.05, 4.69) is 32.6 Å². The van der Waals surface area contributed by atoms with Crippen molar-refractivity contribution < 1.29 is 14.0 Å². The fraction of sp³-hybridized carbons (Fsp3) is 0.0952. The van der Waals surface area contributed by atoms with Crippen LogP contribution in [-0.2, 0) is 17.8 Å². The van der Waals surface area contributed by atoms with E-state index in [0.717, 1.165) is 11.1 Å². The number of carbonyl (C=O) groups excluding carboxylic acids is 2. The highest BCUT2D eigenvalue weighted by Crippen LogP contribution is 2.16. The van der Waals surface area contributed by atoms with E-state index in [4.69, 9.17) is 9.68 Å². The molecule has 7 heteroatoms. The first kappa shape index (κ1) is 19.4. The van der Waals surface area contributed by atoms with E-state index in [1.165, 1.54) is 0 Å². The summed E-state index contributed by atoms with van der Waals surface area (Å²) in [6.07, 6.45) is 0.232. The molecule has 2 aromatic carbocycles. The molecule has 2 amide bonds. The van der Waals surface area contributed by atoms with Crippen molar-refractivity contribution in [2.45, 2.75) is 13.0 Å². The van der Waals surface area contributed by atoms with Gasteiger partial charge in [0.15, 0.2) is 10.4 Å². The van der Waals surface area contributed by atoms with Crippen molar-refractivity contribution in [3.05, 3.63) is 87.8 Å². The molecule has 0 atom stereocenters. The summed E-state index contributed by atoms with van der Waals surface area (Å²) in [5.74, 6) is -0.252. The molecule has 1 aromatic heterocycles. The Bertz CT molecular complexity index is 1020. The maximum Gasteiger partial charge on any atom is 0.291 e. The van der Waals surface area contributed by atoms with Crippen LogP contribution in [0.4, 0.5) is 5.69 Å². The van der Waals surface area contributed by atoms with Crippen LogP contribution in [0, 0.1) is 11.3 Å². The first-order valence-corrected chi connectivity index (χ1v) is 9.24. The van der Waals surface area contributed by atoms with Crippen molar-refractivity contribution in [2.75, 3.05) is 5.32 Å². The fourth-order valence-corrected chi connectivity index (χ4v) is 2.79. The van der Waals surface area contributed by atoms with Crippen molar-refractivity contribution >= 4 is 33.4 Å². The molecule has 140 valence electrons. The molecule has 0 fully saturated rings. The molecule has 0 bridgehead atoms. The largest absolute Gasteiger partial charge is 0.444 e. The number of anilines is 1. The van der Waals surface area contributed by atoms with Gasteiger partial charge in [-0.1, -0.05) is 24.3 Å². The van der Waals surface area contributed by atoms with Gasteiger partial charge in [0.1, 0.15) is 0 Å². The normalized spacial score (nSPS) is 10.1. The lowest BCUT2D eigenvalue weighted by molar-refractivity contribution is -0.120. The van der Waals surface area contributed by atoms with Gasteiger partial charge in [0, 0.05) is 12.2 Å². The van der Waals surface area contributed by atoms with Gasteiger partial charge >= 0.3 is 0 Å². The number of nitrogens with one attached hydrogen (secondary N) is 2. The minimum Gasteiger partial charge on any atom is -0.444 e. The molecule has 0 radical (unpaired) electrons. The Morgan fingerprint density at radius 3 is 2.25 bits per heavy atom. The average Bonchev–Trinajstić information content (AvgIpc) is 3.15. The van der Waals surface area contributed by atoms with Crippen molar-refractivity contribution in [1.82, 2.24) is 5.32 Å². The number of rotatable bonds is 6. The molecule has 1 heterocycles. The Morgan fingerprint density at radius 1 is 0.964 bits per heavy atom. The molecule has 0 aliphatic carbocycles. The van der Waals surface area contributed by atoms with Crippen LogP contribution < -0.4 is 10.6 Å². The standard InChI is InChI=1S/C21H16BrN3O3/c22-19-10-9-18(28-19)21(27)25-17-7-5-14(6-8-17)11-20(26)24-13-16-3-1-15(12-23)2-4-16/h1-10H,11,13H2,(H,24,26)(H,25,27). The van der Waals surface area contributed by atoms with E-state index in [0.29, 0.717) is 22.5 Å². The van der Waals surface area contributed by atoms with Crippen molar-refractivity contribution in [3.63, 3.8) is 0 Å². The molecule has 28 heavy (non-hydrogen) atoms. The second kappa shape index (κ2) is 9.02. The molecule has 0 saturated heterocycles. The summed E-state index contributed by atoms with van der Waals surface area (Å²) in [6.45, 7) is 0.400. The van der Waals surface area contributed by atoms with E-state index >= 15 is 0 Å². The topological polar surface area (TPSA) is 95.1 Å². The quantitative estimate of drug-likeness (QED) is 0.608. The van der Waals surface area contributed by atoms with E-state index < -0.39 is 0 Å². The van der Waals surface area contributed by atoms with Gasteiger partial charge in [-0.2, -0.15) is 5.26 Å². The number of hydrogen-bond donors (Lipinski definition) is 2. The summed E-state index contributed by atoms with van der Waals surface area (Å²) in [7, 11) is 0. The molecule has 0 unspecified atom stereocenters. The van der Waals surface area contributed by atoms with Crippen LogP contribution in [0.1, 0.15) is 27.2 Å². The highest BCUT2D eigenvalue weighted by Gasteiger charge is 2.11. The molecule has 0 spiro atoms. The van der Waals surface area contributed by atoms with Crippen LogP contribution >= 0.6 is 15.9 Å². The van der Waals surface area contributed by atoms with Gasteiger partial charge in [0.2, 0.25) is 5.91 Å². The zero-order valence-electron chi connectivity index (χ0n) is 14.7. The fourth-order valence-electron chi connectivity index (χ4n) is 2.48. The Labute approximate surface area is 170 Å². The minimum atomic E-state index is -0.349. The molecule has 0 saturated carbocycles. The van der Waals surface area contributed by atoms with Gasteiger partial charge in [-0.25, -0.2) is 0 Å². The van der Waals surface area contributed by atoms with E-state index in [9.17, 15) is 9.59 Å². The lowest BCUT2D eigenvalue weighted by Crippen LogP contribution is -2.24. The van der Waals surface area contributed by atoms with E-state index in [-0.39, 0.29) is 24.0 Å². The summed E-state index contributed by atoms with van der Waals surface area (Å²) < 4.78 is 5.69. The van der Waals surface area contributed by atoms with Crippen molar-refractivity contribution in [1.29, 1.82) is 5.26 Å². The molecule has 3 aromatic rings. The van der Waals surface area contributed by atoms with Crippen LogP contribution in [0.15, 0.2) is 69.8 Å². The first-order valence-electron chi connectivity index (χ1n) is 8.45. The third-order valence-electron chi connectivity index (χ3n) is 3.95. The van der Waals surface area contributed by atoms with Gasteiger partial charge in [-0.05, 0) is 63.5 Å². The van der Waals surface area contributed by atoms with E-state index in [1.54, 1.807) is 48.5 Å². The monoisotopic (exact) mass is 437 g/mol. The maximum absolute atomic E-state index is 12.1. The number of furan rings is 1. The van der Waals surface area contributed by atoms with Crippen LogP contribution in [0.3, 0.4) is 0 Å². The van der Waals surface area contributed by atoms with Gasteiger partial charge < -0.3 is 15.1 Å². The van der Waals surface area contributed by atoms with Crippen LogP contribution in [0.2, 0.25) is 0 Å². The van der Waals surface area contributed by atoms with E-state index in [1.807, 2.05) is 12.1 Å². The third kappa shape index (κ3) is 5.32. The number of amides is 2. The molecular formula is C21H16BrN3O3. The molecule has 6 nitrogen and oxygen atoms in total. The summed E-state index contributed by atoms with van der Waals surface area (Å²) in [4.78, 5) is 24.2. The average molecular weight is 438 g/mol. The first-order chi connectivity index (χ1) is 13.5. The lowest BCUT2D eigenvalue weighted by Gasteiger charge is -2.07. The second-order valence-electron chi connectivity index (χ2n) is 6.02. The smallest absolute Gasteiger partial charge is 0.291 e. The van der Waals surface area contributed by atoms with Gasteiger partial charge in [-0.15, -0.1) is 0 Å². The van der Waals surface area contributed by atoms with Crippen LogP contribution in [0.5, 0.6) is 0 Å². The Balaban J connectivity index is 1.49. The number of nitrogens with zero attached hydrogens (tertiary/aromatic N) is 1. The summed E-state index contributed by atoms with van der Waals surface area (Å²) >= 11 is 3.15. The Kier molecular flexibility index (Phi) is 6.25. The third-order valence-corrected chi connectivity index (χ3v) is 4.37. The zero-order valence-corrected chi connectivity index (χ0v) is 16.3. The molecule has 0 aliphatic rings. The zero-order chi connectivity index (χ0) is 19.9. The molecule has 0 aliphatic heterocycles. The summed E-state index contributed by atoms with van der Waals surface area (Å²) in [5.41, 5.74) is 2.95. The molecule has 2 N–H and O–H groups in total. The van der Waals surface area contributed by atoms with Crippen molar-refractivity contribution in [2.24, 2.45) is 0 Å². The number of halogens is 1. The molecule has 3 rings (SSSR count). The van der Waals surface area contributed by atoms with Gasteiger partial charge in [0.05, 0.1) is 18.1 Å². The van der Waals surface area contributed by atoms with Gasteiger partial charge in [-0.3, -0.25) is 9.59 Å². The summed E-state index contributed by atoms with van der Waals surface area (Å²) in [6, 6.07) is 19.4. The SMILES string of the molecule is N#Cc1ccc(CNC(=O)Cc2ccc(NC(=O)c3ccc(Br)o3)cc2)cc1. The van der Waals surface area contributed by atoms with Crippen LogP contribution in [0.25, 0.3) is 0 Å². The predicted octanol–water partition coefficient (Wildman–Crippen LogP) is 4.02. The lowest BCUT2D eigenvalue weighted by atomic mass is 10.1. The van der Waals surface area contributed by atoms with Gasteiger partial charge in [0.25, 0.3) is 5.91 Å². The molecular weight excluding hydrogens is 422 g/mol. The minimum absolute atomic E-state index is 0.110. The Morgan fingerprint density at radius 2 is 1.64 bits per heavy atom. The number of nitriles is 1. The Hall–Kier alpha value is -3.37. The highest BCUT2D eigenvalue weighted by molar-refractivity contribution is 9.10. The highest BCUT2D eigenvalue weighted by atomic mass is 79.9. The summed E-state index contributed by atoms with van der Waals surface area (Å²) in [5, 5.41) is 14.4. The van der Waals surface area contributed by atoms with Crippen LogP contribution in [-0.4, -0.2) is 11.8 Å².